The maximum Gasteiger partial charge on any atom is 0.255 e. The molecule has 2 rings (SSSR count). The fourth-order valence-electron chi connectivity index (χ4n) is 1.94. The van der Waals surface area contributed by atoms with Crippen LogP contribution >= 0.6 is 0 Å². The van der Waals surface area contributed by atoms with Crippen LogP contribution in [0.25, 0.3) is 0 Å². The van der Waals surface area contributed by atoms with Crippen molar-refractivity contribution in [2.45, 2.75) is 18.1 Å². The summed E-state index contributed by atoms with van der Waals surface area (Å²) in [6.45, 7) is 0.0233. The number of halogens is 1. The third kappa shape index (κ3) is 2.66. The minimum absolute atomic E-state index is 0.0233. The molecule has 0 spiro atoms. The highest BCUT2D eigenvalue weighted by Gasteiger charge is 2.31. The molecule has 1 aromatic heterocycles. The number of nitrogens with one attached hydrogen (secondary N) is 1. The van der Waals surface area contributed by atoms with Crippen LogP contribution in [0.2, 0.25) is 0 Å². The van der Waals surface area contributed by atoms with Gasteiger partial charge in [0.1, 0.15) is 0 Å². The van der Waals surface area contributed by atoms with Crippen molar-refractivity contribution < 1.29 is 17.6 Å². The minimum Gasteiger partial charge on any atom is -0.351 e. The van der Waals surface area contributed by atoms with E-state index < -0.39 is 26.9 Å². The summed E-state index contributed by atoms with van der Waals surface area (Å²) in [7, 11) is -3.10. The Morgan fingerprint density at radius 2 is 2.33 bits per heavy atom. The lowest BCUT2D eigenvalue weighted by Gasteiger charge is -2.10. The van der Waals surface area contributed by atoms with Crippen LogP contribution in [-0.2, 0) is 9.84 Å². The van der Waals surface area contributed by atoms with Gasteiger partial charge in [-0.15, -0.1) is 0 Å². The highest BCUT2D eigenvalue weighted by molar-refractivity contribution is 7.92. The molecule has 5 nitrogen and oxygen atoms in total. The number of sulfone groups is 1. The fourth-order valence-corrected chi connectivity index (χ4v) is 3.71. The number of hydrogen-bond donors (Lipinski definition) is 1. The van der Waals surface area contributed by atoms with Crippen molar-refractivity contribution in [3.05, 3.63) is 29.8 Å². The van der Waals surface area contributed by atoms with E-state index in [1.54, 1.807) is 0 Å². The van der Waals surface area contributed by atoms with Crippen molar-refractivity contribution in [3.63, 3.8) is 0 Å². The molecule has 18 heavy (non-hydrogen) atoms. The van der Waals surface area contributed by atoms with Gasteiger partial charge in [-0.25, -0.2) is 13.4 Å². The molecule has 1 N–H and O–H groups in total. The molecule has 0 aromatic carbocycles. The highest BCUT2D eigenvalue weighted by atomic mass is 32.2. The molecule has 1 aliphatic heterocycles. The van der Waals surface area contributed by atoms with Gasteiger partial charge < -0.3 is 5.32 Å². The SMILES string of the molecule is O=C(NCC1CCCS1(=O)=O)c1cccnc1F. The van der Waals surface area contributed by atoms with Crippen LogP contribution in [0.1, 0.15) is 23.2 Å². The second kappa shape index (κ2) is 5.01. The van der Waals surface area contributed by atoms with E-state index in [0.717, 1.165) is 0 Å². The Labute approximate surface area is 104 Å². The average Bonchev–Trinajstić information content (AvgIpc) is 2.66. The first-order valence-electron chi connectivity index (χ1n) is 5.61. The monoisotopic (exact) mass is 272 g/mol. The Hall–Kier alpha value is -1.50. The van der Waals surface area contributed by atoms with Crippen molar-refractivity contribution in [2.24, 2.45) is 0 Å². The Morgan fingerprint density at radius 3 is 2.94 bits per heavy atom. The summed E-state index contributed by atoms with van der Waals surface area (Å²) in [5, 5.41) is 1.88. The average molecular weight is 272 g/mol. The number of rotatable bonds is 3. The molecule has 1 aliphatic rings. The lowest BCUT2D eigenvalue weighted by atomic mass is 10.2. The number of amides is 1. The van der Waals surface area contributed by atoms with Gasteiger partial charge in [0.25, 0.3) is 5.91 Å². The standard InChI is InChI=1S/C11H13FN2O3S/c12-10-9(4-1-5-13-10)11(15)14-7-8-3-2-6-18(8,16)17/h1,4-5,8H,2-3,6-7H2,(H,14,15). The van der Waals surface area contributed by atoms with Crippen molar-refractivity contribution in [1.82, 2.24) is 10.3 Å². The van der Waals surface area contributed by atoms with Crippen LogP contribution in [0.5, 0.6) is 0 Å². The van der Waals surface area contributed by atoms with E-state index in [2.05, 4.69) is 10.3 Å². The van der Waals surface area contributed by atoms with Crippen LogP contribution in [0, 0.1) is 5.95 Å². The maximum atomic E-state index is 13.2. The van der Waals surface area contributed by atoms with Crippen molar-refractivity contribution in [3.8, 4) is 0 Å². The van der Waals surface area contributed by atoms with Gasteiger partial charge in [-0.1, -0.05) is 0 Å². The van der Waals surface area contributed by atoms with Gasteiger partial charge in [-0.05, 0) is 25.0 Å². The number of carbonyl (C=O) groups excluding carboxylic acids is 1. The summed E-state index contributed by atoms with van der Waals surface area (Å²) in [6, 6.07) is 2.76. The second-order valence-corrected chi connectivity index (χ2v) is 6.58. The molecule has 98 valence electrons. The molecule has 1 fully saturated rings. The topological polar surface area (TPSA) is 76.1 Å². The summed E-state index contributed by atoms with van der Waals surface area (Å²) in [4.78, 5) is 15.0. The molecule has 1 aromatic rings. The Balaban J connectivity index is 1.99. The first kappa shape index (κ1) is 12.9. The Morgan fingerprint density at radius 1 is 1.56 bits per heavy atom. The number of pyridine rings is 1. The normalized spacial score (nSPS) is 21.7. The lowest BCUT2D eigenvalue weighted by Crippen LogP contribution is -2.35. The van der Waals surface area contributed by atoms with E-state index >= 15 is 0 Å². The molecule has 0 bridgehead atoms. The van der Waals surface area contributed by atoms with Crippen LogP contribution in [0.4, 0.5) is 4.39 Å². The molecule has 1 saturated heterocycles. The van der Waals surface area contributed by atoms with Gasteiger partial charge in [-0.2, -0.15) is 4.39 Å². The van der Waals surface area contributed by atoms with Gasteiger partial charge in [0.2, 0.25) is 5.95 Å². The summed E-state index contributed by atoms with van der Waals surface area (Å²) < 4.78 is 36.3. The lowest BCUT2D eigenvalue weighted by molar-refractivity contribution is 0.0948. The largest absolute Gasteiger partial charge is 0.351 e. The molecule has 1 atom stereocenters. The van der Waals surface area contributed by atoms with Crippen LogP contribution in [0.15, 0.2) is 18.3 Å². The van der Waals surface area contributed by atoms with E-state index in [0.29, 0.717) is 12.8 Å². The number of carbonyl (C=O) groups is 1. The van der Waals surface area contributed by atoms with Crippen molar-refractivity contribution >= 4 is 15.7 Å². The minimum atomic E-state index is -3.10. The zero-order chi connectivity index (χ0) is 13.2. The van der Waals surface area contributed by atoms with Crippen LogP contribution in [-0.4, -0.2) is 36.9 Å². The summed E-state index contributed by atoms with van der Waals surface area (Å²) in [6.07, 6.45) is 2.40. The molecule has 0 radical (unpaired) electrons. The van der Waals surface area contributed by atoms with E-state index in [1.165, 1.54) is 18.3 Å². The smallest absolute Gasteiger partial charge is 0.255 e. The molecule has 1 unspecified atom stereocenters. The van der Waals surface area contributed by atoms with Gasteiger partial charge in [0.15, 0.2) is 9.84 Å². The number of aromatic nitrogens is 1. The van der Waals surface area contributed by atoms with E-state index in [1.807, 2.05) is 0 Å². The highest BCUT2D eigenvalue weighted by Crippen LogP contribution is 2.19. The summed E-state index contributed by atoms with van der Waals surface area (Å²) >= 11 is 0. The Bertz CT molecular complexity index is 559. The van der Waals surface area contributed by atoms with Crippen molar-refractivity contribution in [2.75, 3.05) is 12.3 Å². The zero-order valence-corrected chi connectivity index (χ0v) is 10.4. The summed E-state index contributed by atoms with van der Waals surface area (Å²) in [5.74, 6) is -1.33. The summed E-state index contributed by atoms with van der Waals surface area (Å²) in [5.41, 5.74) is -0.173. The molecular formula is C11H13FN2O3S. The van der Waals surface area contributed by atoms with Gasteiger partial charge >= 0.3 is 0 Å². The first-order chi connectivity index (χ1) is 8.50. The quantitative estimate of drug-likeness (QED) is 0.814. The van der Waals surface area contributed by atoms with Crippen LogP contribution in [0.3, 0.4) is 0 Å². The molecule has 2 heterocycles. The van der Waals surface area contributed by atoms with Gasteiger partial charge in [0.05, 0.1) is 16.6 Å². The molecule has 0 saturated carbocycles. The zero-order valence-electron chi connectivity index (χ0n) is 9.60. The number of hydrogen-bond acceptors (Lipinski definition) is 4. The van der Waals surface area contributed by atoms with Crippen molar-refractivity contribution in [1.29, 1.82) is 0 Å². The third-order valence-corrected chi connectivity index (χ3v) is 5.23. The third-order valence-electron chi connectivity index (χ3n) is 2.96. The predicted octanol–water partition coefficient (Wildman–Crippen LogP) is 0.528. The van der Waals surface area contributed by atoms with E-state index in [4.69, 9.17) is 0 Å². The molecule has 0 aliphatic carbocycles. The maximum absolute atomic E-state index is 13.2. The number of nitrogens with zero attached hydrogens (tertiary/aromatic N) is 1. The fraction of sp³-hybridized carbons (Fsp3) is 0.455. The molecule has 7 heteroatoms. The Kier molecular flexibility index (Phi) is 3.60. The van der Waals surface area contributed by atoms with Crippen LogP contribution < -0.4 is 5.32 Å². The molecule has 1 amide bonds. The first-order valence-corrected chi connectivity index (χ1v) is 7.32. The van der Waals surface area contributed by atoms with E-state index in [9.17, 15) is 17.6 Å². The second-order valence-electron chi connectivity index (χ2n) is 4.18. The van der Waals surface area contributed by atoms with Gasteiger partial charge in [-0.3, -0.25) is 4.79 Å². The van der Waals surface area contributed by atoms with E-state index in [-0.39, 0.29) is 17.9 Å². The molecular weight excluding hydrogens is 259 g/mol. The predicted molar refractivity (Wildman–Crippen MR) is 63.3 cm³/mol. The van der Waals surface area contributed by atoms with Gasteiger partial charge in [0, 0.05) is 12.7 Å².